The van der Waals surface area contributed by atoms with E-state index in [1.807, 2.05) is 0 Å². The first-order valence-electron chi connectivity index (χ1n) is 10.3. The number of carbonyl (C=O) groups excluding carboxylic acids is 2. The Bertz CT molecular complexity index is 911. The summed E-state index contributed by atoms with van der Waals surface area (Å²) < 4.78 is 33.2. The Labute approximate surface area is 171 Å². The first-order chi connectivity index (χ1) is 13.8. The summed E-state index contributed by atoms with van der Waals surface area (Å²) in [6.07, 6.45) is 4.98. The van der Waals surface area contributed by atoms with Crippen molar-refractivity contribution in [2.45, 2.75) is 62.5 Å². The maximum atomic E-state index is 13.2. The van der Waals surface area contributed by atoms with Crippen molar-refractivity contribution in [3.8, 4) is 5.75 Å². The number of amides is 2. The summed E-state index contributed by atoms with van der Waals surface area (Å²) in [5.41, 5.74) is 0.349. The lowest BCUT2D eigenvalue weighted by Gasteiger charge is -2.32. The summed E-state index contributed by atoms with van der Waals surface area (Å²) in [6, 6.07) is 4.70. The van der Waals surface area contributed by atoms with Gasteiger partial charge in [-0.05, 0) is 50.8 Å². The Balaban J connectivity index is 1.49. The number of ether oxygens (including phenoxy) is 1. The summed E-state index contributed by atoms with van der Waals surface area (Å²) in [4.78, 5) is 24.6. The third kappa shape index (κ3) is 4.11. The van der Waals surface area contributed by atoms with Gasteiger partial charge < -0.3 is 15.4 Å². The quantitative estimate of drug-likeness (QED) is 0.772. The molecule has 2 atom stereocenters. The lowest BCUT2D eigenvalue weighted by atomic mass is 9.98. The number of sulfonamides is 1. The average molecular weight is 422 g/mol. The highest BCUT2D eigenvalue weighted by atomic mass is 32.2. The van der Waals surface area contributed by atoms with E-state index in [0.29, 0.717) is 30.8 Å². The Morgan fingerprint density at radius 3 is 2.72 bits per heavy atom. The molecule has 0 bridgehead atoms. The van der Waals surface area contributed by atoms with Gasteiger partial charge in [0.05, 0.1) is 16.5 Å². The molecule has 29 heavy (non-hydrogen) atoms. The van der Waals surface area contributed by atoms with Crippen molar-refractivity contribution in [3.05, 3.63) is 18.2 Å². The highest BCUT2D eigenvalue weighted by molar-refractivity contribution is 7.89. The molecular formula is C20H27N3O5S. The van der Waals surface area contributed by atoms with Gasteiger partial charge in [0.1, 0.15) is 5.75 Å². The number of hydrogen-bond acceptors (Lipinski definition) is 5. The van der Waals surface area contributed by atoms with Gasteiger partial charge in [-0.25, -0.2) is 8.42 Å². The maximum Gasteiger partial charge on any atom is 0.265 e. The molecule has 1 aromatic rings. The van der Waals surface area contributed by atoms with Gasteiger partial charge in [-0.3, -0.25) is 9.59 Å². The van der Waals surface area contributed by atoms with E-state index in [4.69, 9.17) is 4.74 Å². The van der Waals surface area contributed by atoms with Crippen LogP contribution in [0.25, 0.3) is 0 Å². The first kappa shape index (κ1) is 20.2. The van der Waals surface area contributed by atoms with Crippen molar-refractivity contribution in [1.82, 2.24) is 9.62 Å². The standard InChI is InChI=1S/C20H27N3O5S/c1-13-19(24)22-17-11-16(8-9-18(17)28-13)29(26,27)23-10-4-5-14(12-23)20(25)21-15-6-2-3-7-15/h8-9,11,13-15H,2-7,10,12H2,1H3,(H,21,25)(H,22,24)/t13-,14-/m0/s1. The molecule has 158 valence electrons. The smallest absolute Gasteiger partial charge is 0.265 e. The normalized spacial score (nSPS) is 25.8. The Morgan fingerprint density at radius 1 is 1.21 bits per heavy atom. The van der Waals surface area contributed by atoms with Crippen molar-refractivity contribution in [1.29, 1.82) is 0 Å². The van der Waals surface area contributed by atoms with Crippen LogP contribution in [0.4, 0.5) is 5.69 Å². The Morgan fingerprint density at radius 2 is 1.97 bits per heavy atom. The first-order valence-corrected chi connectivity index (χ1v) is 11.7. The number of fused-ring (bicyclic) bond motifs is 1. The highest BCUT2D eigenvalue weighted by Gasteiger charge is 2.35. The van der Waals surface area contributed by atoms with E-state index in [2.05, 4.69) is 10.6 Å². The SMILES string of the molecule is C[C@@H]1Oc2ccc(S(=O)(=O)N3CCC[C@H](C(=O)NC4CCCC4)C3)cc2NC1=O. The molecule has 2 fully saturated rings. The van der Waals surface area contributed by atoms with Gasteiger partial charge in [-0.1, -0.05) is 12.8 Å². The van der Waals surface area contributed by atoms with E-state index < -0.39 is 16.1 Å². The number of nitrogens with one attached hydrogen (secondary N) is 2. The molecule has 9 heteroatoms. The molecule has 0 aromatic heterocycles. The van der Waals surface area contributed by atoms with E-state index in [9.17, 15) is 18.0 Å². The fraction of sp³-hybridized carbons (Fsp3) is 0.600. The van der Waals surface area contributed by atoms with Gasteiger partial charge in [-0.2, -0.15) is 4.31 Å². The van der Waals surface area contributed by atoms with Crippen molar-refractivity contribution in [2.24, 2.45) is 5.92 Å². The summed E-state index contributed by atoms with van der Waals surface area (Å²) in [5, 5.41) is 5.77. The largest absolute Gasteiger partial charge is 0.479 e. The lowest BCUT2D eigenvalue weighted by molar-refractivity contribution is -0.126. The molecule has 2 amide bonds. The second-order valence-electron chi connectivity index (χ2n) is 8.10. The van der Waals surface area contributed by atoms with Crippen LogP contribution in [0, 0.1) is 5.92 Å². The molecule has 0 unspecified atom stereocenters. The number of anilines is 1. The zero-order chi connectivity index (χ0) is 20.6. The monoisotopic (exact) mass is 421 g/mol. The molecule has 8 nitrogen and oxygen atoms in total. The van der Waals surface area contributed by atoms with Crippen LogP contribution in [0.2, 0.25) is 0 Å². The average Bonchev–Trinajstić information content (AvgIpc) is 3.21. The second kappa shape index (κ2) is 7.95. The molecule has 2 N–H and O–H groups in total. The maximum absolute atomic E-state index is 13.2. The molecule has 3 aliphatic rings. The van der Waals surface area contributed by atoms with E-state index in [1.54, 1.807) is 13.0 Å². The van der Waals surface area contributed by atoms with Gasteiger partial charge in [0.25, 0.3) is 5.91 Å². The molecule has 1 aliphatic carbocycles. The zero-order valence-electron chi connectivity index (χ0n) is 16.5. The number of hydrogen-bond donors (Lipinski definition) is 2. The number of carbonyl (C=O) groups is 2. The fourth-order valence-electron chi connectivity index (χ4n) is 4.26. The number of nitrogens with zero attached hydrogens (tertiary/aromatic N) is 1. The second-order valence-corrected chi connectivity index (χ2v) is 10.0. The summed E-state index contributed by atoms with van der Waals surface area (Å²) in [7, 11) is -3.77. The van der Waals surface area contributed by atoms with Gasteiger partial charge in [0, 0.05) is 19.1 Å². The summed E-state index contributed by atoms with van der Waals surface area (Å²) in [5.74, 6) is -0.241. The molecule has 4 rings (SSSR count). The van der Waals surface area contributed by atoms with Crippen LogP contribution in [0.1, 0.15) is 45.4 Å². The molecule has 1 saturated carbocycles. The Hall–Kier alpha value is -2.13. The van der Waals surface area contributed by atoms with E-state index >= 15 is 0 Å². The van der Waals surface area contributed by atoms with E-state index in [1.165, 1.54) is 16.4 Å². The van der Waals surface area contributed by atoms with Gasteiger partial charge in [0.2, 0.25) is 15.9 Å². The van der Waals surface area contributed by atoms with Gasteiger partial charge >= 0.3 is 0 Å². The van der Waals surface area contributed by atoms with Crippen LogP contribution in [0.3, 0.4) is 0 Å². The minimum Gasteiger partial charge on any atom is -0.479 e. The number of rotatable bonds is 4. The van der Waals surface area contributed by atoms with Crippen LogP contribution >= 0.6 is 0 Å². The topological polar surface area (TPSA) is 105 Å². The minimum atomic E-state index is -3.77. The molecule has 1 aromatic carbocycles. The molecule has 1 saturated heterocycles. The predicted octanol–water partition coefficient (Wildman–Crippen LogP) is 1.87. The zero-order valence-corrected chi connectivity index (χ0v) is 17.3. The van der Waals surface area contributed by atoms with Crippen molar-refractivity contribution in [2.75, 3.05) is 18.4 Å². The van der Waals surface area contributed by atoms with Crippen LogP contribution < -0.4 is 15.4 Å². The summed E-state index contributed by atoms with van der Waals surface area (Å²) in [6.45, 7) is 2.19. The third-order valence-corrected chi connectivity index (χ3v) is 7.84. The van der Waals surface area contributed by atoms with Gasteiger partial charge in [0.15, 0.2) is 6.10 Å². The van der Waals surface area contributed by atoms with Crippen LogP contribution in [0.5, 0.6) is 5.75 Å². The molecule has 2 heterocycles. The molecule has 0 radical (unpaired) electrons. The minimum absolute atomic E-state index is 0.0445. The fourth-order valence-corrected chi connectivity index (χ4v) is 5.81. The lowest BCUT2D eigenvalue weighted by Crippen LogP contribution is -2.47. The predicted molar refractivity (Wildman–Crippen MR) is 107 cm³/mol. The van der Waals surface area contributed by atoms with Crippen LogP contribution in [-0.2, 0) is 19.6 Å². The molecule has 0 spiro atoms. The van der Waals surface area contributed by atoms with E-state index in [0.717, 1.165) is 25.7 Å². The number of piperidine rings is 1. The van der Waals surface area contributed by atoms with Crippen molar-refractivity contribution >= 4 is 27.5 Å². The van der Waals surface area contributed by atoms with Crippen molar-refractivity contribution in [3.63, 3.8) is 0 Å². The van der Waals surface area contributed by atoms with Crippen molar-refractivity contribution < 1.29 is 22.7 Å². The van der Waals surface area contributed by atoms with Crippen LogP contribution in [0.15, 0.2) is 23.1 Å². The highest BCUT2D eigenvalue weighted by Crippen LogP contribution is 2.33. The number of benzene rings is 1. The van der Waals surface area contributed by atoms with Gasteiger partial charge in [-0.15, -0.1) is 0 Å². The van der Waals surface area contributed by atoms with Crippen LogP contribution in [-0.4, -0.2) is 49.8 Å². The Kier molecular flexibility index (Phi) is 5.52. The third-order valence-electron chi connectivity index (χ3n) is 5.98. The molecular weight excluding hydrogens is 394 g/mol. The van der Waals surface area contributed by atoms with E-state index in [-0.39, 0.29) is 35.2 Å². The summed E-state index contributed by atoms with van der Waals surface area (Å²) >= 11 is 0. The molecule has 2 aliphatic heterocycles.